The van der Waals surface area contributed by atoms with E-state index in [4.69, 9.17) is 10.00 Å². The van der Waals surface area contributed by atoms with Gasteiger partial charge in [-0.05, 0) is 54.6 Å². The molecule has 7 nitrogen and oxygen atoms in total. The molecule has 2 N–H and O–H groups in total. The molecule has 1 saturated heterocycles. The molecule has 1 aromatic carbocycles. The first-order chi connectivity index (χ1) is 14.4. The number of β-amino-alcohol motifs (C(OH)–C–C–N with tert-alkyl or cyclic N) is 1. The lowest BCUT2D eigenvalue weighted by Crippen LogP contribution is -2.33. The Morgan fingerprint density at radius 1 is 1.40 bits per heavy atom. The number of esters is 1. The Kier molecular flexibility index (Phi) is 5.46. The number of rotatable bonds is 6. The molecule has 3 heterocycles. The average molecular weight is 406 g/mol. The van der Waals surface area contributed by atoms with E-state index in [1.54, 1.807) is 18.3 Å². The second-order valence-corrected chi connectivity index (χ2v) is 8.59. The van der Waals surface area contributed by atoms with E-state index in [1.165, 1.54) is 0 Å². The van der Waals surface area contributed by atoms with Gasteiger partial charge in [0.1, 0.15) is 18.5 Å². The largest absolute Gasteiger partial charge is 0.457 e. The second kappa shape index (κ2) is 8.05. The van der Waals surface area contributed by atoms with Crippen LogP contribution < -0.4 is 5.32 Å². The van der Waals surface area contributed by atoms with Crippen LogP contribution in [0.4, 0.5) is 5.82 Å². The normalized spacial score (nSPS) is 21.7. The highest BCUT2D eigenvalue weighted by Gasteiger charge is 2.35. The SMILES string of the molecule is Cc1c([C@H](O)CN2CCC(C)(CNc3ccc(C#N)cn3)C2)ccc2c1COC2=O. The molecule has 2 atom stereocenters. The van der Waals surface area contributed by atoms with Crippen molar-refractivity contribution >= 4 is 11.8 Å². The molecule has 4 rings (SSSR count). The van der Waals surface area contributed by atoms with Crippen LogP contribution in [0.2, 0.25) is 0 Å². The van der Waals surface area contributed by atoms with Crippen molar-refractivity contribution in [3.63, 3.8) is 0 Å². The fourth-order valence-corrected chi connectivity index (χ4v) is 4.37. The first-order valence-corrected chi connectivity index (χ1v) is 10.2. The molecule has 2 aliphatic rings. The maximum Gasteiger partial charge on any atom is 0.338 e. The van der Waals surface area contributed by atoms with E-state index in [9.17, 15) is 9.90 Å². The lowest BCUT2D eigenvalue weighted by atomic mass is 9.90. The predicted octanol–water partition coefficient (Wildman–Crippen LogP) is 2.79. The minimum absolute atomic E-state index is 0.0720. The zero-order chi connectivity index (χ0) is 21.3. The van der Waals surface area contributed by atoms with Gasteiger partial charge >= 0.3 is 5.97 Å². The minimum Gasteiger partial charge on any atom is -0.457 e. The molecule has 1 aromatic heterocycles. The first kappa shape index (κ1) is 20.3. The van der Waals surface area contributed by atoms with Crippen molar-refractivity contribution in [2.24, 2.45) is 5.41 Å². The Morgan fingerprint density at radius 3 is 2.97 bits per heavy atom. The highest BCUT2D eigenvalue weighted by molar-refractivity contribution is 5.93. The molecule has 0 saturated carbocycles. The maximum absolute atomic E-state index is 11.7. The number of nitrogens with zero attached hydrogens (tertiary/aromatic N) is 3. The number of aliphatic hydroxyl groups is 1. The summed E-state index contributed by atoms with van der Waals surface area (Å²) < 4.78 is 5.12. The molecule has 0 spiro atoms. The van der Waals surface area contributed by atoms with E-state index >= 15 is 0 Å². The molecule has 30 heavy (non-hydrogen) atoms. The molecule has 7 heteroatoms. The number of pyridine rings is 1. The number of benzene rings is 1. The van der Waals surface area contributed by atoms with Gasteiger partial charge in [-0.1, -0.05) is 13.0 Å². The summed E-state index contributed by atoms with van der Waals surface area (Å²) in [5.74, 6) is 0.480. The van der Waals surface area contributed by atoms with Crippen molar-refractivity contribution in [1.82, 2.24) is 9.88 Å². The lowest BCUT2D eigenvalue weighted by Gasteiger charge is -2.27. The van der Waals surface area contributed by atoms with Crippen LogP contribution in [0.15, 0.2) is 30.5 Å². The van der Waals surface area contributed by atoms with Gasteiger partial charge in [-0.15, -0.1) is 0 Å². The van der Waals surface area contributed by atoms with Crippen LogP contribution in [-0.2, 0) is 11.3 Å². The number of carbonyl (C=O) groups is 1. The number of ether oxygens (including phenoxy) is 1. The summed E-state index contributed by atoms with van der Waals surface area (Å²) in [5, 5.41) is 23.1. The Balaban J connectivity index is 1.35. The van der Waals surface area contributed by atoms with Gasteiger partial charge in [-0.3, -0.25) is 4.90 Å². The third-order valence-corrected chi connectivity index (χ3v) is 6.22. The molecule has 156 valence electrons. The number of aliphatic hydroxyl groups excluding tert-OH is 1. The molecule has 0 aliphatic carbocycles. The van der Waals surface area contributed by atoms with Crippen LogP contribution in [0, 0.1) is 23.7 Å². The van der Waals surface area contributed by atoms with E-state index in [0.29, 0.717) is 17.7 Å². The number of likely N-dealkylation sites (tertiary alicyclic amines) is 1. The van der Waals surface area contributed by atoms with Crippen molar-refractivity contribution in [2.45, 2.75) is 33.0 Å². The van der Waals surface area contributed by atoms with Gasteiger partial charge in [0.25, 0.3) is 0 Å². The Bertz CT molecular complexity index is 999. The number of nitrogens with one attached hydrogen (secondary N) is 1. The molecule has 0 radical (unpaired) electrons. The first-order valence-electron chi connectivity index (χ1n) is 10.2. The number of carbonyl (C=O) groups excluding carboxylic acids is 1. The van der Waals surface area contributed by atoms with E-state index in [2.05, 4.69) is 28.2 Å². The molecule has 2 aliphatic heterocycles. The molecular formula is C23H26N4O3. The number of hydrogen-bond acceptors (Lipinski definition) is 7. The van der Waals surface area contributed by atoms with Gasteiger partial charge in [0.15, 0.2) is 0 Å². The number of cyclic esters (lactones) is 1. The van der Waals surface area contributed by atoms with Gasteiger partial charge in [0.05, 0.1) is 17.2 Å². The van der Waals surface area contributed by atoms with Crippen LogP contribution >= 0.6 is 0 Å². The molecule has 2 aromatic rings. The number of aromatic nitrogens is 1. The van der Waals surface area contributed by atoms with Gasteiger partial charge in [-0.25, -0.2) is 9.78 Å². The maximum atomic E-state index is 11.7. The Morgan fingerprint density at radius 2 is 2.23 bits per heavy atom. The fourth-order valence-electron chi connectivity index (χ4n) is 4.37. The van der Waals surface area contributed by atoms with E-state index in [1.807, 2.05) is 19.1 Å². The highest BCUT2D eigenvalue weighted by atomic mass is 16.5. The number of fused-ring (bicyclic) bond motifs is 1. The third-order valence-electron chi connectivity index (χ3n) is 6.22. The van der Waals surface area contributed by atoms with Gasteiger partial charge in [0, 0.05) is 31.4 Å². The Hall–Kier alpha value is -2.95. The van der Waals surface area contributed by atoms with E-state index < -0.39 is 6.10 Å². The lowest BCUT2D eigenvalue weighted by molar-refractivity contribution is 0.0535. The topological polar surface area (TPSA) is 98.5 Å². The second-order valence-electron chi connectivity index (χ2n) is 8.59. The highest BCUT2D eigenvalue weighted by Crippen LogP contribution is 2.33. The van der Waals surface area contributed by atoms with E-state index in [-0.39, 0.29) is 18.0 Å². The minimum atomic E-state index is -0.610. The van der Waals surface area contributed by atoms with Gasteiger partial charge in [0.2, 0.25) is 0 Å². The van der Waals surface area contributed by atoms with Crippen molar-refractivity contribution in [3.8, 4) is 6.07 Å². The van der Waals surface area contributed by atoms with Crippen molar-refractivity contribution in [3.05, 3.63) is 58.3 Å². The standard InChI is InChI=1S/C23H26N4O3/c1-15-17(4-5-18-19(15)12-30-22(18)29)20(28)11-27-8-7-23(2,14-27)13-26-21-6-3-16(9-24)10-25-21/h3-6,10,20,28H,7-8,11-14H2,1-2H3,(H,25,26)/t20-,23?/m1/s1. The summed E-state index contributed by atoms with van der Waals surface area (Å²) in [6.45, 7) is 7.59. The zero-order valence-corrected chi connectivity index (χ0v) is 17.3. The molecule has 0 bridgehead atoms. The zero-order valence-electron chi connectivity index (χ0n) is 17.3. The molecule has 1 fully saturated rings. The van der Waals surface area contributed by atoms with E-state index in [0.717, 1.165) is 48.6 Å². The monoisotopic (exact) mass is 406 g/mol. The quantitative estimate of drug-likeness (QED) is 0.712. The average Bonchev–Trinajstić information content (AvgIpc) is 3.30. The fraction of sp³-hybridized carbons (Fsp3) is 0.435. The summed E-state index contributed by atoms with van der Waals surface area (Å²) >= 11 is 0. The van der Waals surface area contributed by atoms with Crippen LogP contribution in [-0.4, -0.2) is 47.1 Å². The number of anilines is 1. The Labute approximate surface area is 176 Å². The molecular weight excluding hydrogens is 380 g/mol. The predicted molar refractivity (Wildman–Crippen MR) is 112 cm³/mol. The van der Waals surface area contributed by atoms with Gasteiger partial charge in [-0.2, -0.15) is 5.26 Å². The molecule has 0 amide bonds. The summed E-state index contributed by atoms with van der Waals surface area (Å²) in [7, 11) is 0. The van der Waals surface area contributed by atoms with Crippen molar-refractivity contribution < 1.29 is 14.6 Å². The van der Waals surface area contributed by atoms with Gasteiger partial charge < -0.3 is 15.2 Å². The summed E-state index contributed by atoms with van der Waals surface area (Å²) in [4.78, 5) is 18.3. The summed E-state index contributed by atoms with van der Waals surface area (Å²) in [6, 6.07) is 9.26. The third kappa shape index (κ3) is 4.02. The summed E-state index contributed by atoms with van der Waals surface area (Å²) in [6.07, 6.45) is 1.98. The number of hydrogen-bond donors (Lipinski definition) is 2. The van der Waals surface area contributed by atoms with Crippen LogP contribution in [0.25, 0.3) is 0 Å². The number of nitriles is 1. The summed E-state index contributed by atoms with van der Waals surface area (Å²) in [5.41, 5.74) is 3.93. The van der Waals surface area contributed by atoms with Crippen LogP contribution in [0.1, 0.15) is 52.1 Å². The molecule has 1 unspecified atom stereocenters. The van der Waals surface area contributed by atoms with Crippen LogP contribution in [0.3, 0.4) is 0 Å². The van der Waals surface area contributed by atoms with Crippen LogP contribution in [0.5, 0.6) is 0 Å². The van der Waals surface area contributed by atoms with Crippen molar-refractivity contribution in [1.29, 1.82) is 5.26 Å². The van der Waals surface area contributed by atoms with Crippen molar-refractivity contribution in [2.75, 3.05) is 31.5 Å². The smallest absolute Gasteiger partial charge is 0.338 e.